The average Bonchev–Trinajstić information content (AvgIpc) is 2.73. The number of amides is 4. The fourth-order valence-electron chi connectivity index (χ4n) is 3.05. The molecule has 0 saturated carbocycles. The Morgan fingerprint density at radius 3 is 2.40 bits per heavy atom. The van der Waals surface area contributed by atoms with Crippen LogP contribution >= 0.6 is 15.9 Å². The van der Waals surface area contributed by atoms with Gasteiger partial charge in [-0.3, -0.25) is 14.9 Å². The number of halogens is 1. The molecule has 1 heterocycles. The predicted octanol–water partition coefficient (Wildman–Crippen LogP) is 4.09. The van der Waals surface area contributed by atoms with Gasteiger partial charge in [0.25, 0.3) is 11.8 Å². The molecule has 0 spiro atoms. The lowest BCUT2D eigenvalue weighted by Crippen LogP contribution is -2.54. The summed E-state index contributed by atoms with van der Waals surface area (Å²) >= 11 is 3.42. The topological polar surface area (TPSA) is 84.9 Å². The first kappa shape index (κ1) is 21.6. The van der Waals surface area contributed by atoms with E-state index < -0.39 is 17.8 Å². The van der Waals surface area contributed by atoms with Crippen molar-refractivity contribution < 1.29 is 23.9 Å². The maximum absolute atomic E-state index is 13.0. The Hall–Kier alpha value is -3.13. The number of imide groups is 2. The second kappa shape index (κ2) is 9.13. The monoisotopic (exact) mass is 472 g/mol. The molecule has 0 bridgehead atoms. The summed E-state index contributed by atoms with van der Waals surface area (Å²) in [6.07, 6.45) is 2.25. The number of hydrogen-bond acceptors (Lipinski definition) is 5. The first-order chi connectivity index (χ1) is 14.4. The van der Waals surface area contributed by atoms with Crippen molar-refractivity contribution in [2.45, 2.75) is 20.3 Å². The molecule has 1 saturated heterocycles. The minimum Gasteiger partial charge on any atom is -0.493 e. The van der Waals surface area contributed by atoms with Crippen LogP contribution in [0, 0.1) is 0 Å². The van der Waals surface area contributed by atoms with Gasteiger partial charge in [-0.05, 0) is 70.7 Å². The molecule has 0 atom stereocenters. The third kappa shape index (κ3) is 4.23. The van der Waals surface area contributed by atoms with Gasteiger partial charge in [-0.25, -0.2) is 9.69 Å². The average molecular weight is 473 g/mol. The number of carbonyl (C=O) groups is 3. The van der Waals surface area contributed by atoms with Crippen molar-refractivity contribution in [3.05, 3.63) is 57.6 Å². The van der Waals surface area contributed by atoms with E-state index in [-0.39, 0.29) is 5.57 Å². The highest BCUT2D eigenvalue weighted by Crippen LogP contribution is 2.37. The molecule has 8 heteroatoms. The zero-order chi connectivity index (χ0) is 21.8. The number of benzene rings is 2. The molecule has 30 heavy (non-hydrogen) atoms. The van der Waals surface area contributed by atoms with Gasteiger partial charge in [-0.2, -0.15) is 0 Å². The van der Waals surface area contributed by atoms with Crippen molar-refractivity contribution in [2.24, 2.45) is 0 Å². The number of hydrogen-bond donors (Lipinski definition) is 1. The van der Waals surface area contributed by atoms with Crippen LogP contribution in [0.5, 0.6) is 11.5 Å². The summed E-state index contributed by atoms with van der Waals surface area (Å²) in [5, 5.41) is 2.22. The van der Waals surface area contributed by atoms with Crippen LogP contribution < -0.4 is 19.7 Å². The van der Waals surface area contributed by atoms with Gasteiger partial charge in [0, 0.05) is 0 Å². The lowest BCUT2D eigenvalue weighted by atomic mass is 10.1. The van der Waals surface area contributed by atoms with Crippen LogP contribution in [0.15, 0.2) is 46.4 Å². The number of urea groups is 1. The molecule has 0 unspecified atom stereocenters. The van der Waals surface area contributed by atoms with Gasteiger partial charge in [0.15, 0.2) is 11.5 Å². The Morgan fingerprint density at radius 2 is 1.80 bits per heavy atom. The van der Waals surface area contributed by atoms with Gasteiger partial charge in [0.05, 0.1) is 23.9 Å². The minimum absolute atomic E-state index is 0.160. The van der Waals surface area contributed by atoms with Gasteiger partial charge < -0.3 is 9.47 Å². The smallest absolute Gasteiger partial charge is 0.335 e. The molecule has 0 aliphatic carbocycles. The number of carbonyl (C=O) groups excluding carboxylic acids is 3. The number of rotatable bonds is 6. The molecular weight excluding hydrogens is 452 g/mol. The SMILES string of the molecule is CCOc1c(Br)cc(/C=C2/C(=O)NC(=O)N(c3ccc(CC)cc3)C2=O)cc1OC. The highest BCUT2D eigenvalue weighted by molar-refractivity contribution is 9.10. The van der Waals surface area contributed by atoms with Crippen molar-refractivity contribution in [1.29, 1.82) is 0 Å². The van der Waals surface area contributed by atoms with E-state index in [0.29, 0.717) is 33.8 Å². The summed E-state index contributed by atoms with van der Waals surface area (Å²) in [7, 11) is 1.50. The van der Waals surface area contributed by atoms with E-state index >= 15 is 0 Å². The van der Waals surface area contributed by atoms with Gasteiger partial charge >= 0.3 is 6.03 Å². The van der Waals surface area contributed by atoms with Crippen molar-refractivity contribution in [3.8, 4) is 11.5 Å². The van der Waals surface area contributed by atoms with E-state index in [2.05, 4.69) is 21.2 Å². The molecule has 1 aliphatic rings. The van der Waals surface area contributed by atoms with E-state index in [1.165, 1.54) is 13.2 Å². The van der Waals surface area contributed by atoms with Gasteiger partial charge in [0.1, 0.15) is 5.57 Å². The van der Waals surface area contributed by atoms with E-state index in [1.54, 1.807) is 24.3 Å². The van der Waals surface area contributed by atoms with Crippen LogP contribution in [0.25, 0.3) is 6.08 Å². The summed E-state index contributed by atoms with van der Waals surface area (Å²) in [6.45, 7) is 4.31. The number of nitrogens with one attached hydrogen (secondary N) is 1. The summed E-state index contributed by atoms with van der Waals surface area (Å²) in [6, 6.07) is 9.61. The standard InChI is InChI=1S/C22H21BrN2O5/c1-4-13-6-8-15(9-7-13)25-21(27)16(20(26)24-22(25)28)10-14-11-17(23)19(30-5-2)18(12-14)29-3/h6-12H,4-5H2,1-3H3,(H,24,26,28)/b16-10-. The van der Waals surface area contributed by atoms with Crippen LogP contribution in [0.3, 0.4) is 0 Å². The Balaban J connectivity index is 2.01. The first-order valence-corrected chi connectivity index (χ1v) is 10.2. The second-order valence-electron chi connectivity index (χ2n) is 6.44. The van der Waals surface area contributed by atoms with E-state index in [4.69, 9.17) is 9.47 Å². The number of barbiturate groups is 1. The second-order valence-corrected chi connectivity index (χ2v) is 7.30. The van der Waals surface area contributed by atoms with E-state index in [9.17, 15) is 14.4 Å². The molecule has 2 aromatic rings. The van der Waals surface area contributed by atoms with Crippen molar-refractivity contribution in [3.63, 3.8) is 0 Å². The molecule has 0 radical (unpaired) electrons. The van der Waals surface area contributed by atoms with Crippen molar-refractivity contribution in [1.82, 2.24) is 5.32 Å². The normalized spacial score (nSPS) is 15.4. The number of anilines is 1. The van der Waals surface area contributed by atoms with Gasteiger partial charge in [-0.1, -0.05) is 19.1 Å². The molecule has 1 aliphatic heterocycles. The van der Waals surface area contributed by atoms with Crippen molar-refractivity contribution in [2.75, 3.05) is 18.6 Å². The third-order valence-electron chi connectivity index (χ3n) is 4.56. The molecule has 0 aromatic heterocycles. The molecular formula is C22H21BrN2O5. The summed E-state index contributed by atoms with van der Waals surface area (Å²) in [5.41, 5.74) is 1.84. The van der Waals surface area contributed by atoms with E-state index in [0.717, 1.165) is 16.9 Å². The summed E-state index contributed by atoms with van der Waals surface area (Å²) < 4.78 is 11.5. The van der Waals surface area contributed by atoms with Crippen molar-refractivity contribution >= 4 is 45.5 Å². The maximum Gasteiger partial charge on any atom is 0.335 e. The lowest BCUT2D eigenvalue weighted by molar-refractivity contribution is -0.122. The quantitative estimate of drug-likeness (QED) is 0.505. The summed E-state index contributed by atoms with van der Waals surface area (Å²) in [4.78, 5) is 38.7. The lowest BCUT2D eigenvalue weighted by Gasteiger charge is -2.26. The molecule has 1 fully saturated rings. The van der Waals surface area contributed by atoms with Crippen LogP contribution in [0.2, 0.25) is 0 Å². The summed E-state index contributed by atoms with van der Waals surface area (Å²) in [5.74, 6) is -0.480. The predicted molar refractivity (Wildman–Crippen MR) is 117 cm³/mol. The maximum atomic E-state index is 13.0. The Morgan fingerprint density at radius 1 is 1.10 bits per heavy atom. The molecule has 2 aromatic carbocycles. The molecule has 7 nitrogen and oxygen atoms in total. The Bertz CT molecular complexity index is 1030. The Labute approximate surface area is 182 Å². The highest BCUT2D eigenvalue weighted by atomic mass is 79.9. The highest BCUT2D eigenvalue weighted by Gasteiger charge is 2.36. The Kier molecular flexibility index (Phi) is 6.56. The van der Waals surface area contributed by atoms with Crippen LogP contribution in [-0.2, 0) is 16.0 Å². The number of aryl methyl sites for hydroxylation is 1. The van der Waals surface area contributed by atoms with Crippen LogP contribution in [0.1, 0.15) is 25.0 Å². The number of ether oxygens (including phenoxy) is 2. The minimum atomic E-state index is -0.781. The third-order valence-corrected chi connectivity index (χ3v) is 5.14. The van der Waals surface area contributed by atoms with Gasteiger partial charge in [-0.15, -0.1) is 0 Å². The zero-order valence-electron chi connectivity index (χ0n) is 16.8. The first-order valence-electron chi connectivity index (χ1n) is 9.40. The number of nitrogens with zero attached hydrogens (tertiary/aromatic N) is 1. The molecule has 156 valence electrons. The fourth-order valence-corrected chi connectivity index (χ4v) is 3.62. The van der Waals surface area contributed by atoms with Gasteiger partial charge in [0.2, 0.25) is 0 Å². The molecule has 4 amide bonds. The zero-order valence-corrected chi connectivity index (χ0v) is 18.4. The molecule has 3 rings (SSSR count). The van der Waals surface area contributed by atoms with Crippen LogP contribution in [0.4, 0.5) is 10.5 Å². The molecule has 1 N–H and O–H groups in total. The number of methoxy groups -OCH3 is 1. The van der Waals surface area contributed by atoms with Crippen LogP contribution in [-0.4, -0.2) is 31.6 Å². The largest absolute Gasteiger partial charge is 0.493 e. The van der Waals surface area contributed by atoms with E-state index in [1.807, 2.05) is 26.0 Å². The fraction of sp³-hybridized carbons (Fsp3) is 0.227.